The maximum absolute atomic E-state index is 12.5. The van der Waals surface area contributed by atoms with Crippen LogP contribution in [-0.4, -0.2) is 37.3 Å². The first kappa shape index (κ1) is 18.3. The van der Waals surface area contributed by atoms with Crippen molar-refractivity contribution in [1.82, 2.24) is 24.7 Å². The molecule has 0 aliphatic heterocycles. The Kier molecular flexibility index (Phi) is 4.77. The summed E-state index contributed by atoms with van der Waals surface area (Å²) in [6, 6.07) is 9.02. The molecule has 0 fully saturated rings. The van der Waals surface area contributed by atoms with E-state index in [1.54, 1.807) is 36.8 Å². The fraction of sp³-hybridized carbons (Fsp3) is 0.0556. The van der Waals surface area contributed by atoms with Gasteiger partial charge in [-0.1, -0.05) is 6.07 Å². The van der Waals surface area contributed by atoms with Crippen LogP contribution in [0.2, 0.25) is 0 Å². The number of ether oxygens (including phenoxy) is 1. The van der Waals surface area contributed by atoms with E-state index in [2.05, 4.69) is 35.3 Å². The number of benzene rings is 1. The Hall–Kier alpha value is -4.02. The Bertz CT molecular complexity index is 1160. The number of alkyl halides is 3. The third-order valence-corrected chi connectivity index (χ3v) is 3.75. The highest BCUT2D eigenvalue weighted by molar-refractivity contribution is 5.88. The number of hydrazone groups is 1. The minimum absolute atomic E-state index is 0.353. The van der Waals surface area contributed by atoms with E-state index in [1.165, 1.54) is 35.4 Å². The number of rotatable bonds is 5. The van der Waals surface area contributed by atoms with Crippen molar-refractivity contribution < 1.29 is 17.9 Å². The molecule has 146 valence electrons. The van der Waals surface area contributed by atoms with Crippen molar-refractivity contribution in [3.63, 3.8) is 0 Å². The fourth-order valence-corrected chi connectivity index (χ4v) is 2.55. The second-order valence-electron chi connectivity index (χ2n) is 5.71. The molecule has 0 radical (unpaired) electrons. The standard InChI is InChI=1S/C18H12F3N7O/c19-18(20,21)29-14-3-1-2-13(8-14)28-17-15(10-26-28)16(23-11-24-17)27-25-9-12-4-6-22-7-5-12/h1-11H,(H,23,24,27)/b25-9+. The number of nitrogens with zero attached hydrogens (tertiary/aromatic N) is 6. The van der Waals surface area contributed by atoms with Gasteiger partial charge in [0.15, 0.2) is 11.5 Å². The number of halogens is 3. The lowest BCUT2D eigenvalue weighted by atomic mass is 10.3. The Balaban J connectivity index is 1.63. The first-order valence-corrected chi connectivity index (χ1v) is 8.24. The van der Waals surface area contributed by atoms with Crippen LogP contribution in [0, 0.1) is 0 Å². The molecule has 8 nitrogen and oxygen atoms in total. The molecular formula is C18H12F3N7O. The monoisotopic (exact) mass is 399 g/mol. The third-order valence-electron chi connectivity index (χ3n) is 3.75. The zero-order valence-electron chi connectivity index (χ0n) is 14.6. The highest BCUT2D eigenvalue weighted by Crippen LogP contribution is 2.26. The van der Waals surface area contributed by atoms with Crippen molar-refractivity contribution in [1.29, 1.82) is 0 Å². The molecule has 3 aromatic heterocycles. The molecule has 29 heavy (non-hydrogen) atoms. The number of hydrogen-bond donors (Lipinski definition) is 1. The zero-order chi connectivity index (χ0) is 20.3. The number of aromatic nitrogens is 5. The summed E-state index contributed by atoms with van der Waals surface area (Å²) in [5.41, 5.74) is 4.40. The van der Waals surface area contributed by atoms with Crippen LogP contribution in [0.15, 0.2) is 66.4 Å². The number of fused-ring (bicyclic) bond motifs is 1. The van der Waals surface area contributed by atoms with Gasteiger partial charge in [0.1, 0.15) is 12.1 Å². The van der Waals surface area contributed by atoms with Crippen molar-refractivity contribution in [2.24, 2.45) is 5.10 Å². The summed E-state index contributed by atoms with van der Waals surface area (Å²) < 4.78 is 42.8. The highest BCUT2D eigenvalue weighted by Gasteiger charge is 2.31. The van der Waals surface area contributed by atoms with E-state index in [9.17, 15) is 13.2 Å². The van der Waals surface area contributed by atoms with E-state index in [1.807, 2.05) is 0 Å². The SMILES string of the molecule is FC(F)(F)Oc1cccc(-n2ncc3c(N/N=C/c4ccncc4)ncnc32)c1. The smallest absolute Gasteiger partial charge is 0.406 e. The van der Waals surface area contributed by atoms with Gasteiger partial charge in [-0.15, -0.1) is 13.2 Å². The second-order valence-corrected chi connectivity index (χ2v) is 5.71. The Morgan fingerprint density at radius 1 is 1.10 bits per heavy atom. The molecule has 0 saturated carbocycles. The summed E-state index contributed by atoms with van der Waals surface area (Å²) >= 11 is 0. The van der Waals surface area contributed by atoms with Crippen molar-refractivity contribution in [3.05, 3.63) is 66.9 Å². The number of nitrogens with one attached hydrogen (secondary N) is 1. The Labute approximate surface area is 161 Å². The largest absolute Gasteiger partial charge is 0.573 e. The van der Waals surface area contributed by atoms with E-state index in [0.29, 0.717) is 22.5 Å². The first-order valence-electron chi connectivity index (χ1n) is 8.24. The summed E-state index contributed by atoms with van der Waals surface area (Å²) in [5.74, 6) is 0.0438. The topological polar surface area (TPSA) is 90.1 Å². The van der Waals surface area contributed by atoms with Gasteiger partial charge in [-0.05, 0) is 29.8 Å². The Morgan fingerprint density at radius 2 is 1.93 bits per heavy atom. The minimum atomic E-state index is -4.78. The number of hydrogen-bond acceptors (Lipinski definition) is 7. The molecule has 4 aromatic rings. The van der Waals surface area contributed by atoms with Crippen LogP contribution in [0.3, 0.4) is 0 Å². The molecule has 0 unspecified atom stereocenters. The maximum Gasteiger partial charge on any atom is 0.573 e. The van der Waals surface area contributed by atoms with Gasteiger partial charge >= 0.3 is 6.36 Å². The van der Waals surface area contributed by atoms with Crippen LogP contribution in [0.5, 0.6) is 5.75 Å². The molecule has 0 spiro atoms. The van der Waals surface area contributed by atoms with Gasteiger partial charge in [-0.25, -0.2) is 14.6 Å². The summed E-state index contributed by atoms with van der Waals surface area (Å²) in [7, 11) is 0. The van der Waals surface area contributed by atoms with Gasteiger partial charge in [-0.3, -0.25) is 10.4 Å². The first-order chi connectivity index (χ1) is 14.0. The van der Waals surface area contributed by atoms with Gasteiger partial charge in [0.25, 0.3) is 0 Å². The summed E-state index contributed by atoms with van der Waals surface area (Å²) in [6.07, 6.45) is 2.91. The average Bonchev–Trinajstić information content (AvgIpc) is 3.13. The Morgan fingerprint density at radius 3 is 2.72 bits per heavy atom. The number of anilines is 1. The van der Waals surface area contributed by atoms with Crippen molar-refractivity contribution in [3.8, 4) is 11.4 Å². The van der Waals surface area contributed by atoms with E-state index < -0.39 is 6.36 Å². The maximum atomic E-state index is 12.5. The molecule has 1 N–H and O–H groups in total. The van der Waals surface area contributed by atoms with E-state index >= 15 is 0 Å². The van der Waals surface area contributed by atoms with E-state index in [-0.39, 0.29) is 5.75 Å². The summed E-state index contributed by atoms with van der Waals surface area (Å²) in [5, 5.41) is 8.87. The molecule has 0 atom stereocenters. The second kappa shape index (κ2) is 7.54. The molecule has 0 saturated heterocycles. The van der Waals surface area contributed by atoms with Crippen LogP contribution in [0.1, 0.15) is 5.56 Å². The summed E-state index contributed by atoms with van der Waals surface area (Å²) in [6.45, 7) is 0. The van der Waals surface area contributed by atoms with Gasteiger partial charge in [0.05, 0.1) is 23.5 Å². The van der Waals surface area contributed by atoms with Gasteiger partial charge in [0.2, 0.25) is 0 Å². The highest BCUT2D eigenvalue weighted by atomic mass is 19.4. The lowest BCUT2D eigenvalue weighted by Gasteiger charge is -2.10. The van der Waals surface area contributed by atoms with Crippen LogP contribution in [-0.2, 0) is 0 Å². The lowest BCUT2D eigenvalue weighted by molar-refractivity contribution is -0.274. The van der Waals surface area contributed by atoms with Gasteiger partial charge in [-0.2, -0.15) is 10.2 Å². The molecule has 11 heteroatoms. The fourth-order valence-electron chi connectivity index (χ4n) is 2.55. The lowest BCUT2D eigenvalue weighted by Crippen LogP contribution is -2.17. The molecule has 0 bridgehead atoms. The predicted octanol–water partition coefficient (Wildman–Crippen LogP) is 3.56. The zero-order valence-corrected chi connectivity index (χ0v) is 14.6. The van der Waals surface area contributed by atoms with Crippen LogP contribution in [0.4, 0.5) is 19.0 Å². The molecule has 1 aromatic carbocycles. The minimum Gasteiger partial charge on any atom is -0.406 e. The quantitative estimate of drug-likeness (QED) is 0.408. The van der Waals surface area contributed by atoms with E-state index in [0.717, 1.165) is 5.56 Å². The molecule has 0 aliphatic carbocycles. The van der Waals surface area contributed by atoms with Gasteiger partial charge < -0.3 is 4.74 Å². The molecule has 0 amide bonds. The van der Waals surface area contributed by atoms with Crippen LogP contribution >= 0.6 is 0 Å². The molecule has 4 rings (SSSR count). The molecular weight excluding hydrogens is 387 g/mol. The van der Waals surface area contributed by atoms with E-state index in [4.69, 9.17) is 0 Å². The van der Waals surface area contributed by atoms with Gasteiger partial charge in [0, 0.05) is 18.5 Å². The average molecular weight is 399 g/mol. The van der Waals surface area contributed by atoms with Crippen molar-refractivity contribution in [2.75, 3.05) is 5.43 Å². The third kappa shape index (κ3) is 4.29. The summed E-state index contributed by atoms with van der Waals surface area (Å²) in [4.78, 5) is 12.2. The van der Waals surface area contributed by atoms with Crippen LogP contribution in [0.25, 0.3) is 16.7 Å². The van der Waals surface area contributed by atoms with Crippen LogP contribution < -0.4 is 10.2 Å². The predicted molar refractivity (Wildman–Crippen MR) is 98.8 cm³/mol. The number of pyridine rings is 1. The molecule has 3 heterocycles. The molecule has 0 aliphatic rings. The van der Waals surface area contributed by atoms with Crippen molar-refractivity contribution >= 4 is 23.1 Å². The normalized spacial score (nSPS) is 11.8. The van der Waals surface area contributed by atoms with Crippen molar-refractivity contribution in [2.45, 2.75) is 6.36 Å².